The summed E-state index contributed by atoms with van der Waals surface area (Å²) < 4.78 is 0. The number of rotatable bonds is 2. The van der Waals surface area contributed by atoms with E-state index >= 15 is 0 Å². The van der Waals surface area contributed by atoms with Crippen LogP contribution in [0.25, 0.3) is 65.3 Å². The molecule has 4 heteroatoms. The number of fused-ring (bicyclic) bond motifs is 6. The van der Waals surface area contributed by atoms with Gasteiger partial charge in [0.25, 0.3) is 0 Å². The number of hydrogen-bond acceptors (Lipinski definition) is 0. The SMILES string of the molecule is C[Si](C)=[Hf+2].[Cl-].[Cl-].c1ccc(-c2cc3ccc4ccccc4c3[cH-]2)cc1.c1ccc(-c2cc3ccc4ccccc4c3[cH-]2)cc1. The molecule has 0 saturated heterocycles. The van der Waals surface area contributed by atoms with Crippen molar-refractivity contribution in [2.45, 2.75) is 13.1 Å². The van der Waals surface area contributed by atoms with E-state index in [1.165, 1.54) is 88.3 Å². The van der Waals surface area contributed by atoms with Crippen molar-refractivity contribution in [3.8, 4) is 22.3 Å². The van der Waals surface area contributed by atoms with Crippen molar-refractivity contribution in [2.75, 3.05) is 0 Å². The second kappa shape index (κ2) is 15.6. The molecule has 0 aliphatic rings. The zero-order chi connectivity index (χ0) is 28.9. The molecule has 0 amide bonds. The molecule has 8 aromatic carbocycles. The summed E-state index contributed by atoms with van der Waals surface area (Å²) in [4.78, 5) is 0. The van der Waals surface area contributed by atoms with E-state index in [9.17, 15) is 0 Å². The molecule has 0 fully saturated rings. The number of benzene rings is 6. The molecule has 0 saturated carbocycles. The molecule has 0 atom stereocenters. The molecule has 0 N–H and O–H groups in total. The molecule has 0 radical (unpaired) electrons. The summed E-state index contributed by atoms with van der Waals surface area (Å²) in [5.74, 6) is 0. The monoisotopic (exact) mass is 790 g/mol. The predicted molar refractivity (Wildman–Crippen MR) is 182 cm³/mol. The fourth-order valence-corrected chi connectivity index (χ4v) is 5.52. The van der Waals surface area contributed by atoms with Crippen LogP contribution >= 0.6 is 0 Å². The van der Waals surface area contributed by atoms with Gasteiger partial charge in [-0.25, -0.2) is 0 Å². The fourth-order valence-electron chi connectivity index (χ4n) is 5.52. The molecule has 44 heavy (non-hydrogen) atoms. The molecular weight excluding hydrogens is 758 g/mol. The molecule has 0 aromatic heterocycles. The average Bonchev–Trinajstić information content (AvgIpc) is 3.68. The van der Waals surface area contributed by atoms with Crippen molar-refractivity contribution in [2.24, 2.45) is 0 Å². The van der Waals surface area contributed by atoms with Crippen LogP contribution in [0.15, 0.2) is 158 Å². The third-order valence-electron chi connectivity index (χ3n) is 7.44. The van der Waals surface area contributed by atoms with Gasteiger partial charge in [0.15, 0.2) is 0 Å². The average molecular weight is 790 g/mol. The van der Waals surface area contributed by atoms with E-state index in [1.54, 1.807) is 0 Å². The smallest absolute Gasteiger partial charge is 0.0520 e. The topological polar surface area (TPSA) is 0 Å². The number of halogens is 2. The zero-order valence-electron chi connectivity index (χ0n) is 24.8. The zero-order valence-corrected chi connectivity index (χ0v) is 30.9. The van der Waals surface area contributed by atoms with E-state index in [1.807, 2.05) is 0 Å². The maximum absolute atomic E-state index is 2.33. The predicted octanol–water partition coefficient (Wildman–Crippen LogP) is 5.55. The molecule has 216 valence electrons. The Morgan fingerprint density at radius 3 is 1.14 bits per heavy atom. The molecule has 0 nitrogen and oxygen atoms in total. The van der Waals surface area contributed by atoms with Crippen LogP contribution in [0.5, 0.6) is 0 Å². The quantitative estimate of drug-likeness (QED) is 0.159. The Morgan fingerprint density at radius 1 is 0.432 bits per heavy atom. The first-order valence-electron chi connectivity index (χ1n) is 14.4. The maximum atomic E-state index is 2.33. The molecule has 0 spiro atoms. The van der Waals surface area contributed by atoms with Gasteiger partial charge in [-0.1, -0.05) is 166 Å². The Hall–Kier alpha value is -3.27. The Bertz CT molecular complexity index is 1970. The van der Waals surface area contributed by atoms with Gasteiger partial charge in [0.1, 0.15) is 0 Å². The fraction of sp³-hybridized carbons (Fsp3) is 0.0500. The van der Waals surface area contributed by atoms with Gasteiger partial charge in [0.2, 0.25) is 0 Å². The van der Waals surface area contributed by atoms with E-state index in [4.69, 9.17) is 0 Å². The standard InChI is InChI=1S/2C19H13.C2H6Si.2ClH.Hf/c2*1-2-6-14(7-3-1)17-12-16-11-10-15-8-4-5-9-18(15)19(16)13-17;1-3-2;;;/h2*1-13H;1-2H3;2*1H;/q2*-1;;;;+2/p-2. The summed E-state index contributed by atoms with van der Waals surface area (Å²) in [6.45, 7) is 4.66. The van der Waals surface area contributed by atoms with Crippen molar-refractivity contribution >= 4 is 48.6 Å². The summed E-state index contributed by atoms with van der Waals surface area (Å²) in [5.41, 5.74) is 5.42. The molecule has 8 rings (SSSR count). The Balaban J connectivity index is 0.000000172. The van der Waals surface area contributed by atoms with Gasteiger partial charge in [0.05, 0.1) is 0 Å². The van der Waals surface area contributed by atoms with E-state index in [-0.39, 0.29) is 30.3 Å². The van der Waals surface area contributed by atoms with Crippen molar-refractivity contribution in [3.63, 3.8) is 0 Å². The van der Waals surface area contributed by atoms with E-state index < -0.39 is 0 Å². The van der Waals surface area contributed by atoms with Gasteiger partial charge in [-0.2, -0.15) is 0 Å². The first-order valence-corrected chi connectivity index (χ1v) is 22.2. The van der Waals surface area contributed by atoms with E-state index in [2.05, 4.69) is 171 Å². The van der Waals surface area contributed by atoms with Crippen molar-refractivity contribution in [1.29, 1.82) is 0 Å². The number of hydrogen-bond donors (Lipinski definition) is 0. The minimum absolute atomic E-state index is 0. The van der Waals surface area contributed by atoms with Gasteiger partial charge < -0.3 is 24.8 Å². The Kier molecular flexibility index (Phi) is 11.9. The van der Waals surface area contributed by atoms with Crippen LogP contribution in [0.2, 0.25) is 13.1 Å². The molecule has 0 aliphatic carbocycles. The van der Waals surface area contributed by atoms with Crippen LogP contribution in [0.1, 0.15) is 0 Å². The van der Waals surface area contributed by atoms with Gasteiger partial charge in [-0.3, -0.25) is 0 Å². The maximum Gasteiger partial charge on any atom is -0.0520 e. The molecule has 0 unspecified atom stereocenters. The normalized spacial score (nSPS) is 10.3. The molecular formula is C40H32Cl2HfSi-2. The van der Waals surface area contributed by atoms with Crippen molar-refractivity contribution in [1.82, 2.24) is 0 Å². The van der Waals surface area contributed by atoms with Crippen LogP contribution < -0.4 is 24.8 Å². The van der Waals surface area contributed by atoms with E-state index in [0.717, 1.165) is 0 Å². The van der Waals surface area contributed by atoms with Crippen molar-refractivity contribution in [3.05, 3.63) is 158 Å². The summed E-state index contributed by atoms with van der Waals surface area (Å²) in [5, 5.41) is 10.6. The largest absolute Gasteiger partial charge is 1.00 e. The second-order valence-corrected chi connectivity index (χ2v) is 23.6. The minimum atomic E-state index is 0. The summed E-state index contributed by atoms with van der Waals surface area (Å²) >= 11 is 1.45. The van der Waals surface area contributed by atoms with Crippen LogP contribution in [-0.4, -0.2) is 5.49 Å². The van der Waals surface area contributed by atoms with Gasteiger partial charge in [-0.15, -0.1) is 56.9 Å². The first kappa shape index (κ1) is 33.6. The van der Waals surface area contributed by atoms with Gasteiger partial charge in [0, 0.05) is 0 Å². The Morgan fingerprint density at radius 2 is 0.750 bits per heavy atom. The van der Waals surface area contributed by atoms with Gasteiger partial charge in [-0.05, 0) is 0 Å². The van der Waals surface area contributed by atoms with Crippen LogP contribution in [0.4, 0.5) is 0 Å². The van der Waals surface area contributed by atoms with Crippen LogP contribution in [0.3, 0.4) is 0 Å². The summed E-state index contributed by atoms with van der Waals surface area (Å²) in [6, 6.07) is 56.2. The molecule has 0 bridgehead atoms. The van der Waals surface area contributed by atoms with E-state index in [0.29, 0.717) is 0 Å². The summed E-state index contributed by atoms with van der Waals surface area (Å²) in [7, 11) is 0. The molecule has 8 aromatic rings. The molecule has 0 heterocycles. The molecule has 0 aliphatic heterocycles. The third-order valence-corrected chi connectivity index (χ3v) is 7.44. The van der Waals surface area contributed by atoms with Crippen LogP contribution in [0, 0.1) is 0 Å². The second-order valence-electron chi connectivity index (χ2n) is 10.8. The van der Waals surface area contributed by atoms with Gasteiger partial charge >= 0.3 is 41.6 Å². The summed E-state index contributed by atoms with van der Waals surface area (Å²) in [6.07, 6.45) is 0. The minimum Gasteiger partial charge on any atom is -1.00 e. The van der Waals surface area contributed by atoms with Crippen LogP contribution in [-0.2, 0) is 23.0 Å². The Labute approximate surface area is 287 Å². The third kappa shape index (κ3) is 7.68. The first-order chi connectivity index (χ1) is 20.6. The van der Waals surface area contributed by atoms with Crippen molar-refractivity contribution < 1.29 is 47.8 Å².